The maximum Gasteiger partial charge on any atom is 0.219 e. The molecule has 0 aromatic rings. The second-order valence-electron chi connectivity index (χ2n) is 3.72. The van der Waals surface area contributed by atoms with Gasteiger partial charge in [-0.25, -0.2) is 12.7 Å². The van der Waals surface area contributed by atoms with Crippen molar-refractivity contribution in [3.05, 3.63) is 0 Å². The summed E-state index contributed by atoms with van der Waals surface area (Å²) in [4.78, 5) is 0. The third-order valence-corrected chi connectivity index (χ3v) is 4.89. The summed E-state index contributed by atoms with van der Waals surface area (Å²) in [6, 6.07) is 0. The Labute approximate surface area is 79.6 Å². The number of nitrogens with zero attached hydrogens (tertiary/aromatic N) is 1. The van der Waals surface area contributed by atoms with Crippen LogP contribution in [-0.2, 0) is 10.0 Å². The van der Waals surface area contributed by atoms with Crippen LogP contribution in [0.3, 0.4) is 0 Å². The van der Waals surface area contributed by atoms with E-state index >= 15 is 0 Å². The topological polar surface area (TPSA) is 57.6 Å². The minimum Gasteiger partial charge on any atom is -0.392 e. The minimum absolute atomic E-state index is 0.585. The van der Waals surface area contributed by atoms with Gasteiger partial charge in [-0.1, -0.05) is 12.8 Å². The summed E-state index contributed by atoms with van der Waals surface area (Å²) in [5.74, 6) is 0. The molecule has 0 heterocycles. The third-order valence-electron chi connectivity index (χ3n) is 2.56. The number of sulfonamides is 1. The van der Waals surface area contributed by atoms with Crippen LogP contribution in [0.25, 0.3) is 0 Å². The van der Waals surface area contributed by atoms with E-state index in [1.165, 1.54) is 18.4 Å². The lowest BCUT2D eigenvalue weighted by molar-refractivity contribution is 0.131. The molecule has 1 aliphatic rings. The Morgan fingerprint density at radius 3 is 2.23 bits per heavy atom. The molecule has 13 heavy (non-hydrogen) atoms. The van der Waals surface area contributed by atoms with Gasteiger partial charge in [0, 0.05) is 14.1 Å². The normalized spacial score (nSPS) is 30.8. The average Bonchev–Trinajstić information content (AvgIpc) is 2.04. The molecular weight excluding hydrogens is 190 g/mol. The molecule has 0 radical (unpaired) electrons. The molecule has 0 aromatic heterocycles. The van der Waals surface area contributed by atoms with Crippen LogP contribution in [0, 0.1) is 0 Å². The molecular formula is C8H17NO3S. The van der Waals surface area contributed by atoms with Crippen LogP contribution in [0.5, 0.6) is 0 Å². The van der Waals surface area contributed by atoms with Gasteiger partial charge in [-0.2, -0.15) is 0 Å². The van der Waals surface area contributed by atoms with Crippen LogP contribution in [-0.4, -0.2) is 43.3 Å². The largest absolute Gasteiger partial charge is 0.392 e. The predicted octanol–water partition coefficient (Wildman–Crippen LogP) is 0.181. The third kappa shape index (κ3) is 2.21. The molecule has 1 rings (SSSR count). The number of aliphatic hydroxyl groups excluding tert-OH is 1. The van der Waals surface area contributed by atoms with Gasteiger partial charge in [0.15, 0.2) is 0 Å². The summed E-state index contributed by atoms with van der Waals surface area (Å²) in [5, 5.41) is 8.96. The van der Waals surface area contributed by atoms with Gasteiger partial charge in [0.2, 0.25) is 10.0 Å². The van der Waals surface area contributed by atoms with Gasteiger partial charge in [-0.15, -0.1) is 0 Å². The van der Waals surface area contributed by atoms with E-state index in [0.717, 1.165) is 12.8 Å². The van der Waals surface area contributed by atoms with Crippen molar-refractivity contribution in [3.63, 3.8) is 0 Å². The van der Waals surface area contributed by atoms with E-state index < -0.39 is 21.4 Å². The molecule has 2 atom stereocenters. The molecule has 0 aromatic carbocycles. The second kappa shape index (κ2) is 3.94. The minimum atomic E-state index is -3.27. The summed E-state index contributed by atoms with van der Waals surface area (Å²) in [6.45, 7) is 0. The molecule has 0 amide bonds. The maximum absolute atomic E-state index is 11.7. The molecule has 0 bridgehead atoms. The molecule has 0 aliphatic heterocycles. The summed E-state index contributed by atoms with van der Waals surface area (Å²) in [6.07, 6.45) is 2.34. The van der Waals surface area contributed by atoms with Gasteiger partial charge in [0.05, 0.1) is 6.10 Å². The molecule has 78 valence electrons. The lowest BCUT2D eigenvalue weighted by atomic mass is 9.97. The van der Waals surface area contributed by atoms with Crippen molar-refractivity contribution >= 4 is 10.0 Å². The molecule has 1 N–H and O–H groups in total. The van der Waals surface area contributed by atoms with Crippen molar-refractivity contribution in [3.8, 4) is 0 Å². The fraction of sp³-hybridized carbons (Fsp3) is 1.00. The molecule has 4 nitrogen and oxygen atoms in total. The zero-order chi connectivity index (χ0) is 10.1. The van der Waals surface area contributed by atoms with E-state index in [1.54, 1.807) is 0 Å². The van der Waals surface area contributed by atoms with Crippen molar-refractivity contribution in [2.24, 2.45) is 0 Å². The van der Waals surface area contributed by atoms with E-state index in [2.05, 4.69) is 0 Å². The number of aliphatic hydroxyl groups is 1. The molecule has 5 heteroatoms. The fourth-order valence-electron chi connectivity index (χ4n) is 1.70. The van der Waals surface area contributed by atoms with E-state index in [-0.39, 0.29) is 0 Å². The Bertz CT molecular complexity index is 261. The molecule has 1 fully saturated rings. The quantitative estimate of drug-likeness (QED) is 0.703. The monoisotopic (exact) mass is 207 g/mol. The Morgan fingerprint density at radius 1 is 1.23 bits per heavy atom. The molecule has 1 aliphatic carbocycles. The van der Waals surface area contributed by atoms with E-state index in [1.807, 2.05) is 0 Å². The van der Waals surface area contributed by atoms with E-state index in [0.29, 0.717) is 12.8 Å². The van der Waals surface area contributed by atoms with Crippen molar-refractivity contribution < 1.29 is 13.5 Å². The van der Waals surface area contributed by atoms with E-state index in [4.69, 9.17) is 0 Å². The van der Waals surface area contributed by atoms with Crippen LogP contribution >= 0.6 is 0 Å². The van der Waals surface area contributed by atoms with Gasteiger partial charge < -0.3 is 5.11 Å². The van der Waals surface area contributed by atoms with Crippen LogP contribution in [0.4, 0.5) is 0 Å². The van der Waals surface area contributed by atoms with Crippen molar-refractivity contribution in [1.29, 1.82) is 0 Å². The van der Waals surface area contributed by atoms with E-state index in [9.17, 15) is 13.5 Å². The number of rotatable bonds is 2. The summed E-state index contributed by atoms with van der Waals surface area (Å²) < 4.78 is 24.5. The summed E-state index contributed by atoms with van der Waals surface area (Å²) in [7, 11) is -0.245. The van der Waals surface area contributed by atoms with Crippen LogP contribution < -0.4 is 0 Å². The number of hydrogen-bond donors (Lipinski definition) is 1. The zero-order valence-corrected chi connectivity index (χ0v) is 8.92. The maximum atomic E-state index is 11.7. The Hall–Kier alpha value is -0.130. The van der Waals surface area contributed by atoms with Crippen molar-refractivity contribution in [2.75, 3.05) is 14.1 Å². The Kier molecular flexibility index (Phi) is 3.32. The summed E-state index contributed by atoms with van der Waals surface area (Å²) in [5.41, 5.74) is 0. The highest BCUT2D eigenvalue weighted by molar-refractivity contribution is 7.89. The average molecular weight is 207 g/mol. The van der Waals surface area contributed by atoms with Crippen LogP contribution in [0.1, 0.15) is 25.7 Å². The molecule has 1 saturated carbocycles. The zero-order valence-electron chi connectivity index (χ0n) is 8.10. The Balaban J connectivity index is 2.80. The lowest BCUT2D eigenvalue weighted by Crippen LogP contribution is -2.42. The highest BCUT2D eigenvalue weighted by Gasteiger charge is 2.35. The van der Waals surface area contributed by atoms with Crippen LogP contribution in [0.2, 0.25) is 0 Å². The lowest BCUT2D eigenvalue weighted by Gasteiger charge is -2.29. The van der Waals surface area contributed by atoms with Gasteiger partial charge in [0.1, 0.15) is 5.25 Å². The first-order valence-electron chi connectivity index (χ1n) is 4.55. The number of hydrogen-bond acceptors (Lipinski definition) is 3. The Morgan fingerprint density at radius 2 is 1.77 bits per heavy atom. The SMILES string of the molecule is CN(C)S(=O)(=O)C1CCCCC1O. The highest BCUT2D eigenvalue weighted by Crippen LogP contribution is 2.25. The second-order valence-corrected chi connectivity index (χ2v) is 6.08. The van der Waals surface area contributed by atoms with Gasteiger partial charge in [0.25, 0.3) is 0 Å². The van der Waals surface area contributed by atoms with Gasteiger partial charge >= 0.3 is 0 Å². The van der Waals surface area contributed by atoms with Gasteiger partial charge in [-0.05, 0) is 12.8 Å². The molecule has 0 spiro atoms. The first kappa shape index (κ1) is 10.9. The first-order chi connectivity index (χ1) is 5.96. The van der Waals surface area contributed by atoms with Crippen LogP contribution in [0.15, 0.2) is 0 Å². The predicted molar refractivity (Wildman–Crippen MR) is 50.9 cm³/mol. The van der Waals surface area contributed by atoms with Crippen molar-refractivity contribution in [1.82, 2.24) is 4.31 Å². The summed E-state index contributed by atoms with van der Waals surface area (Å²) >= 11 is 0. The first-order valence-corrected chi connectivity index (χ1v) is 6.06. The smallest absolute Gasteiger partial charge is 0.219 e. The van der Waals surface area contributed by atoms with Crippen molar-refractivity contribution in [2.45, 2.75) is 37.0 Å². The highest BCUT2D eigenvalue weighted by atomic mass is 32.2. The van der Waals surface area contributed by atoms with Gasteiger partial charge in [-0.3, -0.25) is 0 Å². The molecule has 2 unspecified atom stereocenters. The molecule has 0 saturated heterocycles. The fourth-order valence-corrected chi connectivity index (χ4v) is 3.23. The standard InChI is InChI=1S/C8H17NO3S/c1-9(2)13(11,12)8-6-4-3-5-7(8)10/h7-8,10H,3-6H2,1-2H3.